The highest BCUT2D eigenvalue weighted by Crippen LogP contribution is 2.12. The van der Waals surface area contributed by atoms with Gasteiger partial charge < -0.3 is 15.7 Å². The van der Waals surface area contributed by atoms with Gasteiger partial charge in [-0.1, -0.05) is 96.1 Å². The molecule has 5 nitrogen and oxygen atoms in total. The van der Waals surface area contributed by atoms with Crippen LogP contribution in [0.5, 0.6) is 5.75 Å². The smallest absolute Gasteiger partial charge is 0.309 e. The third kappa shape index (κ3) is 15.4. The lowest BCUT2D eigenvalue weighted by Gasteiger charge is -2.07. The Morgan fingerprint density at radius 2 is 1.06 bits per heavy atom. The number of aryl methyl sites for hydroxylation is 1. The van der Waals surface area contributed by atoms with Crippen LogP contribution in [-0.4, -0.2) is 30.0 Å². The number of carbonyl (C=O) groups excluding carboxylic acids is 2. The van der Waals surface area contributed by atoms with Gasteiger partial charge >= 0.3 is 11.8 Å². The summed E-state index contributed by atoms with van der Waals surface area (Å²) in [5.41, 5.74) is 1.10. The molecule has 1 aromatic carbocycles. The standard InChI is InChI=1S/C26H44N2O3/c1-2-3-4-5-6-7-8-9-10-11-12-13-14-21-27-25(30)26(31)28-22-15-16-23-17-19-24(29)20-18-23/h17-20,29H,2-16,21-22H2,1H3,(H,27,30)(H,28,31). The van der Waals surface area contributed by atoms with Crippen molar-refractivity contribution in [2.24, 2.45) is 0 Å². The molecule has 0 heterocycles. The molecule has 31 heavy (non-hydrogen) atoms. The Hall–Kier alpha value is -2.04. The summed E-state index contributed by atoms with van der Waals surface area (Å²) in [6.07, 6.45) is 18.4. The lowest BCUT2D eigenvalue weighted by Crippen LogP contribution is -2.40. The van der Waals surface area contributed by atoms with Crippen LogP contribution >= 0.6 is 0 Å². The second-order valence-electron chi connectivity index (χ2n) is 8.52. The largest absolute Gasteiger partial charge is 0.508 e. The first kappa shape index (κ1) is 27.0. The summed E-state index contributed by atoms with van der Waals surface area (Å²) >= 11 is 0. The van der Waals surface area contributed by atoms with E-state index in [1.54, 1.807) is 12.1 Å². The van der Waals surface area contributed by atoms with E-state index < -0.39 is 11.8 Å². The molecule has 0 saturated carbocycles. The molecule has 0 aliphatic carbocycles. The van der Waals surface area contributed by atoms with Gasteiger partial charge in [-0.15, -0.1) is 0 Å². The topological polar surface area (TPSA) is 78.4 Å². The van der Waals surface area contributed by atoms with E-state index in [-0.39, 0.29) is 5.75 Å². The number of hydrogen-bond acceptors (Lipinski definition) is 3. The maximum Gasteiger partial charge on any atom is 0.309 e. The van der Waals surface area contributed by atoms with Gasteiger partial charge in [0.25, 0.3) is 0 Å². The molecule has 1 aromatic rings. The van der Waals surface area contributed by atoms with E-state index in [1.165, 1.54) is 70.6 Å². The van der Waals surface area contributed by atoms with Crippen molar-refractivity contribution in [3.05, 3.63) is 29.8 Å². The molecule has 0 spiro atoms. The Morgan fingerprint density at radius 1 is 0.645 bits per heavy atom. The average Bonchev–Trinajstić information content (AvgIpc) is 2.77. The third-order valence-electron chi connectivity index (χ3n) is 5.64. The van der Waals surface area contributed by atoms with E-state index in [1.807, 2.05) is 12.1 Å². The van der Waals surface area contributed by atoms with Crippen LogP contribution in [0, 0.1) is 0 Å². The Labute approximate surface area is 189 Å². The van der Waals surface area contributed by atoms with Gasteiger partial charge in [0.1, 0.15) is 5.75 Å². The Bertz CT molecular complexity index is 587. The maximum atomic E-state index is 11.8. The Kier molecular flexibility index (Phi) is 16.3. The summed E-state index contributed by atoms with van der Waals surface area (Å²) in [5.74, 6) is -0.846. The minimum absolute atomic E-state index is 0.247. The second kappa shape index (κ2) is 18.7. The lowest BCUT2D eigenvalue weighted by atomic mass is 10.0. The van der Waals surface area contributed by atoms with Gasteiger partial charge in [0.2, 0.25) is 0 Å². The number of rotatable bonds is 18. The highest BCUT2D eigenvalue weighted by atomic mass is 16.3. The van der Waals surface area contributed by atoms with Gasteiger partial charge in [0.15, 0.2) is 0 Å². The normalized spacial score (nSPS) is 10.7. The van der Waals surface area contributed by atoms with Crippen molar-refractivity contribution in [1.82, 2.24) is 10.6 Å². The summed E-state index contributed by atoms with van der Waals surface area (Å²) < 4.78 is 0. The summed E-state index contributed by atoms with van der Waals surface area (Å²) in [7, 11) is 0. The fourth-order valence-electron chi connectivity index (χ4n) is 3.66. The number of carbonyl (C=O) groups is 2. The van der Waals surface area contributed by atoms with Crippen molar-refractivity contribution in [1.29, 1.82) is 0 Å². The fraction of sp³-hybridized carbons (Fsp3) is 0.692. The molecule has 0 fully saturated rings. The average molecular weight is 433 g/mol. The molecule has 3 N–H and O–H groups in total. The van der Waals surface area contributed by atoms with E-state index >= 15 is 0 Å². The van der Waals surface area contributed by atoms with Crippen LogP contribution in [0.15, 0.2) is 24.3 Å². The summed E-state index contributed by atoms with van der Waals surface area (Å²) in [6, 6.07) is 7.02. The van der Waals surface area contributed by atoms with Gasteiger partial charge in [0, 0.05) is 13.1 Å². The van der Waals surface area contributed by atoms with E-state index in [9.17, 15) is 14.7 Å². The molecule has 2 amide bonds. The molecular weight excluding hydrogens is 388 g/mol. The molecule has 0 aliphatic rings. The molecule has 0 bridgehead atoms. The molecule has 176 valence electrons. The minimum atomic E-state index is -0.555. The summed E-state index contributed by atoms with van der Waals surface area (Å²) in [6.45, 7) is 3.29. The molecule has 0 aliphatic heterocycles. The summed E-state index contributed by atoms with van der Waals surface area (Å²) in [5, 5.41) is 14.6. The fourth-order valence-corrected chi connectivity index (χ4v) is 3.66. The number of unbranched alkanes of at least 4 members (excludes halogenated alkanes) is 12. The predicted molar refractivity (Wildman–Crippen MR) is 128 cm³/mol. The maximum absolute atomic E-state index is 11.8. The zero-order valence-corrected chi connectivity index (χ0v) is 19.6. The van der Waals surface area contributed by atoms with Crippen LogP contribution in [0.3, 0.4) is 0 Å². The van der Waals surface area contributed by atoms with Gasteiger partial charge in [-0.25, -0.2) is 0 Å². The Balaban J connectivity index is 1.87. The van der Waals surface area contributed by atoms with Crippen LogP contribution < -0.4 is 10.6 Å². The van der Waals surface area contributed by atoms with Gasteiger partial charge in [-0.05, 0) is 37.0 Å². The number of phenolic OH excluding ortho intramolecular Hbond substituents is 1. The summed E-state index contributed by atoms with van der Waals surface area (Å²) in [4.78, 5) is 23.6. The first-order valence-corrected chi connectivity index (χ1v) is 12.5. The first-order chi connectivity index (χ1) is 15.1. The van der Waals surface area contributed by atoms with Crippen molar-refractivity contribution >= 4 is 11.8 Å². The van der Waals surface area contributed by atoms with Crippen molar-refractivity contribution in [3.63, 3.8) is 0 Å². The highest BCUT2D eigenvalue weighted by molar-refractivity contribution is 6.35. The van der Waals surface area contributed by atoms with E-state index in [4.69, 9.17) is 0 Å². The van der Waals surface area contributed by atoms with Crippen LogP contribution in [0.1, 0.15) is 102 Å². The molecule has 0 aromatic heterocycles. The van der Waals surface area contributed by atoms with Crippen molar-refractivity contribution in [3.8, 4) is 5.75 Å². The number of amides is 2. The minimum Gasteiger partial charge on any atom is -0.508 e. The quantitative estimate of drug-likeness (QED) is 0.207. The van der Waals surface area contributed by atoms with E-state index in [2.05, 4.69) is 17.6 Å². The van der Waals surface area contributed by atoms with Crippen LogP contribution in [0.4, 0.5) is 0 Å². The molecular formula is C26H44N2O3. The van der Waals surface area contributed by atoms with Crippen LogP contribution in [0.2, 0.25) is 0 Å². The Morgan fingerprint density at radius 3 is 1.55 bits per heavy atom. The van der Waals surface area contributed by atoms with E-state index in [0.29, 0.717) is 13.1 Å². The van der Waals surface area contributed by atoms with Crippen LogP contribution in [0.25, 0.3) is 0 Å². The van der Waals surface area contributed by atoms with Crippen molar-refractivity contribution in [2.75, 3.05) is 13.1 Å². The highest BCUT2D eigenvalue weighted by Gasteiger charge is 2.11. The van der Waals surface area contributed by atoms with Gasteiger partial charge in [-0.2, -0.15) is 0 Å². The molecule has 5 heteroatoms. The molecule has 0 atom stereocenters. The monoisotopic (exact) mass is 432 g/mol. The van der Waals surface area contributed by atoms with Gasteiger partial charge in [-0.3, -0.25) is 9.59 Å². The van der Waals surface area contributed by atoms with E-state index in [0.717, 1.165) is 31.2 Å². The first-order valence-electron chi connectivity index (χ1n) is 12.5. The number of hydrogen-bond donors (Lipinski definition) is 3. The second-order valence-corrected chi connectivity index (χ2v) is 8.52. The zero-order valence-electron chi connectivity index (χ0n) is 19.6. The third-order valence-corrected chi connectivity index (χ3v) is 5.64. The number of nitrogens with one attached hydrogen (secondary N) is 2. The zero-order chi connectivity index (χ0) is 22.6. The number of phenols is 1. The predicted octanol–water partition coefficient (Wildman–Crippen LogP) is 5.65. The molecule has 0 unspecified atom stereocenters. The van der Waals surface area contributed by atoms with Crippen LogP contribution in [-0.2, 0) is 16.0 Å². The van der Waals surface area contributed by atoms with Crippen molar-refractivity contribution in [2.45, 2.75) is 103 Å². The lowest BCUT2D eigenvalue weighted by molar-refractivity contribution is -0.139. The SMILES string of the molecule is CCCCCCCCCCCCCCCNC(=O)C(=O)NCCCc1ccc(O)cc1. The van der Waals surface area contributed by atoms with Crippen molar-refractivity contribution < 1.29 is 14.7 Å². The number of benzene rings is 1. The molecule has 0 radical (unpaired) electrons. The number of aromatic hydroxyl groups is 1. The molecule has 0 saturated heterocycles. The molecule has 1 rings (SSSR count). The van der Waals surface area contributed by atoms with Gasteiger partial charge in [0.05, 0.1) is 0 Å².